The standard InChI is InChI=1S/C32H30FN5O/c33-30-9-5-4-8-29(30)25-11-15-27(16-12-25)38(32(39)36-21-23-6-2-1-3-7-23)28-17-13-26(14-18-28)37-31-19-10-24(20-34)22-35-31/h1-12,15-16,19,22,26,28H,13-14,17-18,21H2,(H,35,37)(H,36,39). The molecule has 7 heteroatoms. The van der Waals surface area contributed by atoms with Crippen LogP contribution in [0.2, 0.25) is 0 Å². The second-order valence-corrected chi connectivity index (χ2v) is 9.73. The summed E-state index contributed by atoms with van der Waals surface area (Å²) >= 11 is 0. The van der Waals surface area contributed by atoms with Crippen LogP contribution in [0.3, 0.4) is 0 Å². The van der Waals surface area contributed by atoms with Crippen molar-refractivity contribution in [2.24, 2.45) is 0 Å². The molecule has 2 amide bonds. The largest absolute Gasteiger partial charge is 0.367 e. The number of nitrogens with zero attached hydrogens (tertiary/aromatic N) is 3. The molecule has 2 N–H and O–H groups in total. The minimum atomic E-state index is -0.273. The Balaban J connectivity index is 1.31. The predicted molar refractivity (Wildman–Crippen MR) is 152 cm³/mol. The summed E-state index contributed by atoms with van der Waals surface area (Å²) in [6, 6.07) is 29.8. The Labute approximate surface area is 228 Å². The minimum absolute atomic E-state index is 0.0204. The Morgan fingerprint density at radius 2 is 1.64 bits per heavy atom. The lowest BCUT2D eigenvalue weighted by Gasteiger charge is -2.37. The van der Waals surface area contributed by atoms with Gasteiger partial charge in [-0.15, -0.1) is 0 Å². The van der Waals surface area contributed by atoms with Gasteiger partial charge in [0.15, 0.2) is 0 Å². The van der Waals surface area contributed by atoms with Crippen molar-refractivity contribution < 1.29 is 9.18 Å². The highest BCUT2D eigenvalue weighted by Crippen LogP contribution is 2.31. The summed E-state index contributed by atoms with van der Waals surface area (Å²) < 4.78 is 14.3. The SMILES string of the molecule is N#Cc1ccc(NC2CCC(N(C(=O)NCc3ccccc3)c3ccc(-c4ccccc4F)cc3)CC2)nc1. The molecular weight excluding hydrogens is 489 g/mol. The van der Waals surface area contributed by atoms with Gasteiger partial charge in [-0.1, -0.05) is 60.7 Å². The van der Waals surface area contributed by atoms with Gasteiger partial charge in [0, 0.05) is 36.1 Å². The summed E-state index contributed by atoms with van der Waals surface area (Å²) in [6.45, 7) is 0.435. The van der Waals surface area contributed by atoms with Crippen LogP contribution in [0.5, 0.6) is 0 Å². The second-order valence-electron chi connectivity index (χ2n) is 9.73. The quantitative estimate of drug-likeness (QED) is 0.278. The first kappa shape index (κ1) is 25.9. The molecule has 1 aliphatic carbocycles. The molecule has 1 aromatic heterocycles. The van der Waals surface area contributed by atoms with Crippen molar-refractivity contribution in [1.82, 2.24) is 10.3 Å². The number of anilines is 2. The molecule has 0 bridgehead atoms. The van der Waals surface area contributed by atoms with E-state index in [2.05, 4.69) is 21.7 Å². The molecule has 1 heterocycles. The van der Waals surface area contributed by atoms with Gasteiger partial charge < -0.3 is 10.6 Å². The molecule has 0 saturated heterocycles. The maximum Gasteiger partial charge on any atom is 0.322 e. The van der Waals surface area contributed by atoms with E-state index in [1.165, 1.54) is 6.07 Å². The zero-order chi connectivity index (χ0) is 27.0. The molecule has 5 rings (SSSR count). The third-order valence-electron chi connectivity index (χ3n) is 7.14. The Hall–Kier alpha value is -4.70. The average molecular weight is 520 g/mol. The van der Waals surface area contributed by atoms with Crippen molar-refractivity contribution in [3.05, 3.63) is 114 Å². The molecule has 6 nitrogen and oxygen atoms in total. The summed E-state index contributed by atoms with van der Waals surface area (Å²) in [6.07, 6.45) is 4.96. The van der Waals surface area contributed by atoms with Gasteiger partial charge in [0.2, 0.25) is 0 Å². The first-order valence-corrected chi connectivity index (χ1v) is 13.2. The minimum Gasteiger partial charge on any atom is -0.367 e. The molecule has 0 aliphatic heterocycles. The summed E-state index contributed by atoms with van der Waals surface area (Å²) in [4.78, 5) is 19.7. The Morgan fingerprint density at radius 3 is 2.31 bits per heavy atom. The van der Waals surface area contributed by atoms with Gasteiger partial charge in [-0.3, -0.25) is 4.90 Å². The van der Waals surface area contributed by atoms with Crippen molar-refractivity contribution >= 4 is 17.5 Å². The molecular formula is C32H30FN5O. The number of aromatic nitrogens is 1. The number of benzene rings is 3. The van der Waals surface area contributed by atoms with E-state index >= 15 is 0 Å². The number of carbonyl (C=O) groups excluding carboxylic acids is 1. The van der Waals surface area contributed by atoms with Crippen LogP contribution >= 0.6 is 0 Å². The van der Waals surface area contributed by atoms with E-state index in [1.807, 2.05) is 71.6 Å². The first-order chi connectivity index (χ1) is 19.1. The number of hydrogen-bond donors (Lipinski definition) is 2. The third-order valence-corrected chi connectivity index (χ3v) is 7.14. The van der Waals surface area contributed by atoms with E-state index < -0.39 is 0 Å². The van der Waals surface area contributed by atoms with Gasteiger partial charge in [-0.2, -0.15) is 5.26 Å². The fourth-order valence-corrected chi connectivity index (χ4v) is 5.08. The van der Waals surface area contributed by atoms with Crippen LogP contribution in [0.15, 0.2) is 97.2 Å². The first-order valence-electron chi connectivity index (χ1n) is 13.2. The summed E-state index contributed by atoms with van der Waals surface area (Å²) in [5.41, 5.74) is 3.65. The predicted octanol–water partition coefficient (Wildman–Crippen LogP) is 6.90. The fraction of sp³-hybridized carbons (Fsp3) is 0.219. The zero-order valence-electron chi connectivity index (χ0n) is 21.6. The number of nitrogens with one attached hydrogen (secondary N) is 2. The number of carbonyl (C=O) groups is 1. The van der Waals surface area contributed by atoms with E-state index in [0.717, 1.165) is 48.3 Å². The number of pyridine rings is 1. The highest BCUT2D eigenvalue weighted by molar-refractivity contribution is 5.93. The molecule has 0 atom stereocenters. The second kappa shape index (κ2) is 12.2. The molecule has 1 aliphatic rings. The smallest absolute Gasteiger partial charge is 0.322 e. The van der Waals surface area contributed by atoms with Crippen LogP contribution in [0.25, 0.3) is 11.1 Å². The van der Waals surface area contributed by atoms with Crippen LogP contribution in [-0.4, -0.2) is 23.1 Å². The molecule has 4 aromatic rings. The van der Waals surface area contributed by atoms with E-state index in [4.69, 9.17) is 5.26 Å². The highest BCUT2D eigenvalue weighted by atomic mass is 19.1. The van der Waals surface area contributed by atoms with Crippen molar-refractivity contribution in [3.63, 3.8) is 0 Å². The lowest BCUT2D eigenvalue weighted by molar-refractivity contribution is 0.240. The Kier molecular flexibility index (Phi) is 8.13. The topological polar surface area (TPSA) is 81.0 Å². The van der Waals surface area contributed by atoms with Crippen molar-refractivity contribution in [1.29, 1.82) is 5.26 Å². The van der Waals surface area contributed by atoms with Crippen LogP contribution in [-0.2, 0) is 6.54 Å². The number of urea groups is 1. The van der Waals surface area contributed by atoms with E-state index in [1.54, 1.807) is 24.4 Å². The van der Waals surface area contributed by atoms with Crippen LogP contribution in [0.1, 0.15) is 36.8 Å². The van der Waals surface area contributed by atoms with Gasteiger partial charge in [-0.25, -0.2) is 14.2 Å². The summed E-state index contributed by atoms with van der Waals surface area (Å²) in [5.74, 6) is 0.476. The normalized spacial score (nSPS) is 16.6. The molecule has 0 spiro atoms. The van der Waals surface area contributed by atoms with Gasteiger partial charge in [0.05, 0.1) is 5.56 Å². The van der Waals surface area contributed by atoms with Crippen molar-refractivity contribution in [2.45, 2.75) is 44.3 Å². The number of hydrogen-bond acceptors (Lipinski definition) is 4. The maximum absolute atomic E-state index is 14.3. The number of rotatable bonds is 7. The van der Waals surface area contributed by atoms with Gasteiger partial charge in [0.1, 0.15) is 17.7 Å². The highest BCUT2D eigenvalue weighted by Gasteiger charge is 2.30. The monoisotopic (exact) mass is 519 g/mol. The fourth-order valence-electron chi connectivity index (χ4n) is 5.08. The molecule has 0 unspecified atom stereocenters. The maximum atomic E-state index is 14.3. The number of halogens is 1. The Morgan fingerprint density at radius 1 is 0.923 bits per heavy atom. The number of amides is 2. The van der Waals surface area contributed by atoms with Crippen LogP contribution < -0.4 is 15.5 Å². The summed E-state index contributed by atoms with van der Waals surface area (Å²) in [5, 5.41) is 15.5. The van der Waals surface area contributed by atoms with Crippen molar-refractivity contribution in [2.75, 3.05) is 10.2 Å². The van der Waals surface area contributed by atoms with Gasteiger partial charge >= 0.3 is 6.03 Å². The van der Waals surface area contributed by atoms with E-state index in [-0.39, 0.29) is 23.9 Å². The summed E-state index contributed by atoms with van der Waals surface area (Å²) in [7, 11) is 0. The third kappa shape index (κ3) is 6.42. The molecule has 196 valence electrons. The number of nitriles is 1. The van der Waals surface area contributed by atoms with Crippen molar-refractivity contribution in [3.8, 4) is 17.2 Å². The Bertz CT molecular complexity index is 1430. The van der Waals surface area contributed by atoms with E-state index in [0.29, 0.717) is 17.7 Å². The lowest BCUT2D eigenvalue weighted by Crippen LogP contribution is -2.48. The zero-order valence-corrected chi connectivity index (χ0v) is 21.6. The van der Waals surface area contributed by atoms with Gasteiger partial charge in [0.25, 0.3) is 0 Å². The average Bonchev–Trinajstić information content (AvgIpc) is 2.99. The molecule has 0 radical (unpaired) electrons. The molecule has 1 saturated carbocycles. The van der Waals surface area contributed by atoms with E-state index in [9.17, 15) is 9.18 Å². The van der Waals surface area contributed by atoms with Crippen LogP contribution in [0, 0.1) is 17.1 Å². The molecule has 39 heavy (non-hydrogen) atoms. The molecule has 1 fully saturated rings. The van der Waals surface area contributed by atoms with Gasteiger partial charge in [-0.05, 0) is 67.1 Å². The van der Waals surface area contributed by atoms with Crippen LogP contribution in [0.4, 0.5) is 20.7 Å². The lowest BCUT2D eigenvalue weighted by atomic mass is 9.89. The molecule has 3 aromatic carbocycles.